The van der Waals surface area contributed by atoms with Crippen molar-refractivity contribution in [2.75, 3.05) is 33.4 Å². The van der Waals surface area contributed by atoms with Gasteiger partial charge in [0.1, 0.15) is 0 Å². The SMILES string of the molecule is CCCCNC(=O)[C@@H](C[C@H](O)[C@@H](N)C[C@H](CNC(=O)Oc1ncccc1OCCCCOC)C(C)C)C(C)C. The highest BCUT2D eigenvalue weighted by Gasteiger charge is 2.29. The largest absolute Gasteiger partial charge is 0.488 e. The average Bonchev–Trinajstić information content (AvgIpc) is 2.89. The van der Waals surface area contributed by atoms with Crippen molar-refractivity contribution in [3.8, 4) is 11.6 Å². The first-order valence-corrected chi connectivity index (χ1v) is 14.3. The van der Waals surface area contributed by atoms with Gasteiger partial charge in [0, 0.05) is 45.0 Å². The Balaban J connectivity index is 2.63. The highest BCUT2D eigenvalue weighted by molar-refractivity contribution is 5.78. The summed E-state index contributed by atoms with van der Waals surface area (Å²) >= 11 is 0. The van der Waals surface area contributed by atoms with Gasteiger partial charge in [-0.2, -0.15) is 0 Å². The maximum Gasteiger partial charge on any atom is 0.414 e. The summed E-state index contributed by atoms with van der Waals surface area (Å²) in [5.74, 6) is 0.421. The molecule has 0 saturated carbocycles. The van der Waals surface area contributed by atoms with Crippen molar-refractivity contribution in [3.05, 3.63) is 18.3 Å². The highest BCUT2D eigenvalue weighted by atomic mass is 16.6. The van der Waals surface area contributed by atoms with Gasteiger partial charge in [-0.15, -0.1) is 0 Å². The van der Waals surface area contributed by atoms with Gasteiger partial charge < -0.3 is 35.7 Å². The Bertz CT molecular complexity index is 823. The molecule has 5 N–H and O–H groups in total. The lowest BCUT2D eigenvalue weighted by atomic mass is 9.83. The molecule has 39 heavy (non-hydrogen) atoms. The summed E-state index contributed by atoms with van der Waals surface area (Å²) in [7, 11) is 1.66. The van der Waals surface area contributed by atoms with Crippen molar-refractivity contribution in [2.24, 2.45) is 29.4 Å². The molecule has 0 aromatic carbocycles. The minimum atomic E-state index is -0.834. The van der Waals surface area contributed by atoms with Gasteiger partial charge in [-0.3, -0.25) is 4.79 Å². The van der Waals surface area contributed by atoms with Crippen molar-refractivity contribution >= 4 is 12.0 Å². The first-order chi connectivity index (χ1) is 18.6. The van der Waals surface area contributed by atoms with Crippen LogP contribution in [0.1, 0.15) is 73.1 Å². The lowest BCUT2D eigenvalue weighted by molar-refractivity contribution is -0.127. The maximum absolute atomic E-state index is 12.7. The number of ether oxygens (including phenoxy) is 3. The first-order valence-electron chi connectivity index (χ1n) is 14.3. The molecule has 0 unspecified atom stereocenters. The van der Waals surface area contributed by atoms with Crippen molar-refractivity contribution in [1.29, 1.82) is 0 Å². The fraction of sp³-hybridized carbons (Fsp3) is 0.759. The van der Waals surface area contributed by atoms with E-state index in [1.807, 2.05) is 27.7 Å². The van der Waals surface area contributed by atoms with Crippen LogP contribution >= 0.6 is 0 Å². The Labute approximate surface area is 234 Å². The Morgan fingerprint density at radius 2 is 1.77 bits per heavy atom. The summed E-state index contributed by atoms with van der Waals surface area (Å²) in [6.07, 6.45) is 4.44. The molecule has 0 aliphatic rings. The van der Waals surface area contributed by atoms with Gasteiger partial charge in [-0.25, -0.2) is 9.78 Å². The number of unbranched alkanes of at least 4 members (excludes halogenated alkanes) is 2. The molecule has 4 atom stereocenters. The summed E-state index contributed by atoms with van der Waals surface area (Å²) in [6, 6.07) is 2.89. The van der Waals surface area contributed by atoms with Gasteiger partial charge in [-0.1, -0.05) is 41.0 Å². The zero-order chi connectivity index (χ0) is 29.2. The zero-order valence-corrected chi connectivity index (χ0v) is 24.8. The number of hydrogen-bond donors (Lipinski definition) is 4. The molecule has 10 nitrogen and oxygen atoms in total. The second-order valence-corrected chi connectivity index (χ2v) is 10.8. The monoisotopic (exact) mass is 552 g/mol. The fourth-order valence-corrected chi connectivity index (χ4v) is 4.17. The quantitative estimate of drug-likeness (QED) is 0.178. The standard InChI is InChI=1S/C29H52N4O6/c1-7-8-13-31-27(35)23(21(4)5)18-25(34)24(30)17-22(20(2)3)19-33-29(36)39-28-26(12-11-14-32-28)38-16-10-9-15-37-6/h11-12,14,20-25,34H,7-10,13,15-19,30H2,1-6H3,(H,31,35)(H,33,36)/t22-,23+,24+,25+/m1/s1. The molecule has 2 amide bonds. The van der Waals surface area contributed by atoms with Crippen LogP contribution in [0.3, 0.4) is 0 Å². The maximum atomic E-state index is 12.7. The molecule has 1 aromatic rings. The van der Waals surface area contributed by atoms with E-state index >= 15 is 0 Å². The topological polar surface area (TPSA) is 145 Å². The van der Waals surface area contributed by atoms with Crippen LogP contribution in [0, 0.1) is 23.7 Å². The Kier molecular flexibility index (Phi) is 17.4. The van der Waals surface area contributed by atoms with Crippen LogP contribution in [0.2, 0.25) is 0 Å². The third-order valence-electron chi connectivity index (χ3n) is 6.91. The number of carbonyl (C=O) groups is 2. The second kappa shape index (κ2) is 19.6. The fourth-order valence-electron chi connectivity index (χ4n) is 4.17. The lowest BCUT2D eigenvalue weighted by Crippen LogP contribution is -2.44. The normalized spacial score (nSPS) is 14.5. The molecule has 10 heteroatoms. The summed E-state index contributed by atoms with van der Waals surface area (Å²) in [6.45, 7) is 12.2. The predicted molar refractivity (Wildman–Crippen MR) is 153 cm³/mol. The predicted octanol–water partition coefficient (Wildman–Crippen LogP) is 3.90. The summed E-state index contributed by atoms with van der Waals surface area (Å²) in [5.41, 5.74) is 6.39. The van der Waals surface area contributed by atoms with Gasteiger partial charge in [0.25, 0.3) is 5.88 Å². The molecule has 224 valence electrons. The number of pyridine rings is 1. The highest BCUT2D eigenvalue weighted by Crippen LogP contribution is 2.25. The van der Waals surface area contributed by atoms with Crippen LogP contribution in [-0.2, 0) is 9.53 Å². The van der Waals surface area contributed by atoms with E-state index in [1.54, 1.807) is 19.2 Å². The number of amides is 2. The van der Waals surface area contributed by atoms with Crippen LogP contribution in [0.4, 0.5) is 4.79 Å². The molecule has 0 aliphatic heterocycles. The van der Waals surface area contributed by atoms with E-state index in [-0.39, 0.29) is 35.5 Å². The zero-order valence-electron chi connectivity index (χ0n) is 24.8. The molecule has 0 fully saturated rings. The van der Waals surface area contributed by atoms with E-state index in [9.17, 15) is 14.7 Å². The van der Waals surface area contributed by atoms with Crippen LogP contribution in [0.15, 0.2) is 18.3 Å². The van der Waals surface area contributed by atoms with E-state index in [1.165, 1.54) is 6.20 Å². The molecule has 1 rings (SSSR count). The second-order valence-electron chi connectivity index (χ2n) is 10.8. The minimum Gasteiger partial charge on any atom is -0.488 e. The van der Waals surface area contributed by atoms with E-state index in [0.717, 1.165) is 25.7 Å². The molecule has 0 spiro atoms. The van der Waals surface area contributed by atoms with Crippen LogP contribution in [0.5, 0.6) is 11.6 Å². The number of methoxy groups -OCH3 is 1. The Morgan fingerprint density at radius 3 is 2.41 bits per heavy atom. The third kappa shape index (κ3) is 14.0. The number of rotatable bonds is 20. The van der Waals surface area contributed by atoms with Crippen LogP contribution < -0.4 is 25.8 Å². The van der Waals surface area contributed by atoms with Crippen molar-refractivity contribution in [2.45, 2.75) is 85.3 Å². The van der Waals surface area contributed by atoms with Crippen LogP contribution in [-0.4, -0.2) is 67.6 Å². The molecule has 0 aliphatic carbocycles. The van der Waals surface area contributed by atoms with Gasteiger partial charge in [0.2, 0.25) is 5.91 Å². The Morgan fingerprint density at radius 1 is 1.05 bits per heavy atom. The molecule has 1 aromatic heterocycles. The summed E-state index contributed by atoms with van der Waals surface area (Å²) in [4.78, 5) is 29.3. The van der Waals surface area contributed by atoms with Crippen molar-refractivity contribution < 1.29 is 28.9 Å². The number of aliphatic hydroxyl groups is 1. The van der Waals surface area contributed by atoms with E-state index in [4.69, 9.17) is 19.9 Å². The number of carbonyl (C=O) groups excluding carboxylic acids is 2. The molecule has 0 bridgehead atoms. The Hall–Kier alpha value is -2.43. The van der Waals surface area contributed by atoms with Gasteiger partial charge in [-0.05, 0) is 62.0 Å². The van der Waals surface area contributed by atoms with Gasteiger partial charge in [0.05, 0.1) is 12.7 Å². The van der Waals surface area contributed by atoms with Crippen molar-refractivity contribution in [1.82, 2.24) is 15.6 Å². The summed E-state index contributed by atoms with van der Waals surface area (Å²) in [5, 5.41) is 16.6. The minimum absolute atomic E-state index is 0.00156. The number of hydrogen-bond acceptors (Lipinski definition) is 8. The van der Waals surface area contributed by atoms with Gasteiger partial charge in [0.15, 0.2) is 5.75 Å². The summed E-state index contributed by atoms with van der Waals surface area (Å²) < 4.78 is 16.2. The third-order valence-corrected chi connectivity index (χ3v) is 6.91. The van der Waals surface area contributed by atoms with Crippen LogP contribution in [0.25, 0.3) is 0 Å². The average molecular weight is 553 g/mol. The molecule has 0 saturated heterocycles. The smallest absolute Gasteiger partial charge is 0.414 e. The number of nitrogens with one attached hydrogen (secondary N) is 2. The van der Waals surface area contributed by atoms with E-state index in [2.05, 4.69) is 22.5 Å². The molecular formula is C29H52N4O6. The molecule has 1 heterocycles. The molecular weight excluding hydrogens is 500 g/mol. The van der Waals surface area contributed by atoms with E-state index < -0.39 is 18.2 Å². The number of nitrogens with two attached hydrogens (primary N) is 1. The van der Waals surface area contributed by atoms with E-state index in [0.29, 0.717) is 44.9 Å². The first kappa shape index (κ1) is 34.6. The number of nitrogens with zero attached hydrogens (tertiary/aromatic N) is 1. The van der Waals surface area contributed by atoms with Crippen molar-refractivity contribution in [3.63, 3.8) is 0 Å². The number of aliphatic hydroxyl groups excluding tert-OH is 1. The van der Waals surface area contributed by atoms with Gasteiger partial charge >= 0.3 is 6.09 Å². The number of aromatic nitrogens is 1. The molecule has 0 radical (unpaired) electrons. The lowest BCUT2D eigenvalue weighted by Gasteiger charge is -2.30.